The monoisotopic (exact) mass is 553 g/mol. The summed E-state index contributed by atoms with van der Waals surface area (Å²) in [5.74, 6) is -2.52. The lowest BCUT2D eigenvalue weighted by Gasteiger charge is -2.20. The molecule has 4 N–H and O–H groups in total. The number of amides is 1. The lowest BCUT2D eigenvalue weighted by Crippen LogP contribution is -2.48. The number of nitrogens with one attached hydrogen (secondary N) is 2. The maximum Gasteiger partial charge on any atom is 0.341 e. The number of nitrogens with zero attached hydrogens (tertiary/aromatic N) is 1. The number of aromatic nitrogens is 2. The summed E-state index contributed by atoms with van der Waals surface area (Å²) in [6.45, 7) is 1.35. The summed E-state index contributed by atoms with van der Waals surface area (Å²) in [6, 6.07) is 21.1. The van der Waals surface area contributed by atoms with Crippen molar-refractivity contribution in [3.8, 4) is 17.0 Å². The Morgan fingerprint density at radius 1 is 0.976 bits per heavy atom. The molecule has 0 aliphatic rings. The van der Waals surface area contributed by atoms with Gasteiger partial charge in [0.15, 0.2) is 6.04 Å². The molecule has 0 aliphatic carbocycles. The number of hydrogen-bond acceptors (Lipinski definition) is 8. The van der Waals surface area contributed by atoms with Gasteiger partial charge in [0.25, 0.3) is 5.91 Å². The van der Waals surface area contributed by atoms with Gasteiger partial charge in [-0.05, 0) is 42.8 Å². The van der Waals surface area contributed by atoms with Gasteiger partial charge < -0.3 is 30.0 Å². The molecule has 5 rings (SSSR count). The SMILES string of the molecule is COC(=O)c1cc(-c2nc(C(=O)N[C@H](C(=O)OCc3ccccc3)[C@@H](C)O)cc3c2[nH]c2ccccc23)ccc1O. The second-order valence-corrected chi connectivity index (χ2v) is 9.46. The molecule has 2 heterocycles. The van der Waals surface area contributed by atoms with Crippen LogP contribution in [0.1, 0.15) is 33.3 Å². The number of rotatable bonds is 8. The predicted octanol–water partition coefficient (Wildman–Crippen LogP) is 4.10. The van der Waals surface area contributed by atoms with Crippen molar-refractivity contribution in [2.75, 3.05) is 7.11 Å². The number of esters is 2. The first-order chi connectivity index (χ1) is 19.8. The van der Waals surface area contributed by atoms with Gasteiger partial charge in [-0.2, -0.15) is 0 Å². The van der Waals surface area contributed by atoms with Crippen molar-refractivity contribution in [1.29, 1.82) is 0 Å². The van der Waals surface area contributed by atoms with Gasteiger partial charge >= 0.3 is 11.9 Å². The number of aromatic amines is 1. The number of aromatic hydroxyl groups is 1. The molecule has 0 saturated heterocycles. The molecule has 0 bridgehead atoms. The first-order valence-corrected chi connectivity index (χ1v) is 12.8. The highest BCUT2D eigenvalue weighted by molar-refractivity contribution is 6.13. The van der Waals surface area contributed by atoms with Crippen LogP contribution in [0.2, 0.25) is 0 Å². The van der Waals surface area contributed by atoms with E-state index in [-0.39, 0.29) is 23.6 Å². The Morgan fingerprint density at radius 3 is 2.44 bits per heavy atom. The predicted molar refractivity (Wildman–Crippen MR) is 151 cm³/mol. The van der Waals surface area contributed by atoms with E-state index >= 15 is 0 Å². The average molecular weight is 554 g/mol. The molecular formula is C31H27N3O7. The number of carbonyl (C=O) groups excluding carboxylic acids is 3. The molecule has 0 aliphatic heterocycles. The number of ether oxygens (including phenoxy) is 2. The third kappa shape index (κ3) is 5.59. The minimum absolute atomic E-state index is 0.0220. The van der Waals surface area contributed by atoms with E-state index < -0.39 is 30.0 Å². The van der Waals surface area contributed by atoms with Crippen molar-refractivity contribution in [3.63, 3.8) is 0 Å². The maximum absolute atomic E-state index is 13.5. The van der Waals surface area contributed by atoms with Crippen LogP contribution >= 0.6 is 0 Å². The third-order valence-corrected chi connectivity index (χ3v) is 6.65. The van der Waals surface area contributed by atoms with E-state index in [1.165, 1.54) is 26.2 Å². The van der Waals surface area contributed by atoms with Gasteiger partial charge in [0.2, 0.25) is 0 Å². The van der Waals surface area contributed by atoms with Crippen LogP contribution < -0.4 is 5.32 Å². The second kappa shape index (κ2) is 11.5. The van der Waals surface area contributed by atoms with Gasteiger partial charge in [0.1, 0.15) is 23.6 Å². The topological polar surface area (TPSA) is 151 Å². The Bertz CT molecular complexity index is 1760. The van der Waals surface area contributed by atoms with Crippen LogP contribution in [0.4, 0.5) is 0 Å². The molecule has 2 aromatic heterocycles. The first-order valence-electron chi connectivity index (χ1n) is 12.8. The smallest absolute Gasteiger partial charge is 0.341 e. The summed E-state index contributed by atoms with van der Waals surface area (Å²) < 4.78 is 10.1. The zero-order valence-corrected chi connectivity index (χ0v) is 22.3. The van der Waals surface area contributed by atoms with Crippen molar-refractivity contribution in [2.24, 2.45) is 0 Å². The van der Waals surface area contributed by atoms with Gasteiger partial charge in [-0.15, -0.1) is 0 Å². The number of H-pyrrole nitrogens is 1. The minimum atomic E-state index is -1.35. The number of phenols is 1. The summed E-state index contributed by atoms with van der Waals surface area (Å²) in [5.41, 5.74) is 2.80. The van der Waals surface area contributed by atoms with Gasteiger partial charge in [-0.25, -0.2) is 14.6 Å². The standard InChI is InChI=1S/C31H27N3O7/c1-17(35)26(31(39)41-16-18-8-4-3-5-9-18)34-29(37)24-15-21-20-10-6-7-11-23(20)32-28(21)27(33-24)19-12-13-25(36)22(14-19)30(38)40-2/h3-15,17,26,32,35-36H,16H2,1-2H3,(H,34,37)/t17-,26+/m1/s1. The van der Waals surface area contributed by atoms with Crippen molar-refractivity contribution >= 4 is 39.7 Å². The van der Waals surface area contributed by atoms with Gasteiger partial charge in [0, 0.05) is 21.9 Å². The van der Waals surface area contributed by atoms with Crippen molar-refractivity contribution in [3.05, 3.63) is 95.7 Å². The summed E-state index contributed by atoms with van der Waals surface area (Å²) >= 11 is 0. The number of phenolic OH excluding ortho intramolecular Hbond substituents is 1. The van der Waals surface area contributed by atoms with E-state index in [0.29, 0.717) is 22.2 Å². The van der Waals surface area contributed by atoms with Gasteiger partial charge in [-0.1, -0.05) is 48.5 Å². The minimum Gasteiger partial charge on any atom is -0.507 e. The summed E-state index contributed by atoms with van der Waals surface area (Å²) in [7, 11) is 1.21. The van der Waals surface area contributed by atoms with Crippen molar-refractivity contribution < 1.29 is 34.1 Å². The number of hydrogen-bond donors (Lipinski definition) is 4. The number of methoxy groups -OCH3 is 1. The molecular weight excluding hydrogens is 526 g/mol. The number of pyridine rings is 1. The molecule has 0 saturated carbocycles. The fraction of sp³-hybridized carbons (Fsp3) is 0.161. The Hall–Kier alpha value is -5.22. The van der Waals surface area contributed by atoms with Crippen LogP contribution in [-0.4, -0.2) is 57.3 Å². The van der Waals surface area contributed by atoms with E-state index in [0.717, 1.165) is 16.5 Å². The molecule has 2 atom stereocenters. The first kappa shape index (κ1) is 27.4. The summed E-state index contributed by atoms with van der Waals surface area (Å²) in [4.78, 5) is 46.4. The van der Waals surface area contributed by atoms with Gasteiger partial charge in [-0.3, -0.25) is 4.79 Å². The zero-order chi connectivity index (χ0) is 29.1. The molecule has 3 aromatic carbocycles. The largest absolute Gasteiger partial charge is 0.507 e. The Morgan fingerprint density at radius 2 is 1.71 bits per heavy atom. The molecule has 5 aromatic rings. The van der Waals surface area contributed by atoms with Crippen LogP contribution in [0, 0.1) is 0 Å². The van der Waals surface area contributed by atoms with Crippen LogP contribution in [0.3, 0.4) is 0 Å². The lowest BCUT2D eigenvalue weighted by atomic mass is 10.0. The van der Waals surface area contributed by atoms with E-state index in [1.54, 1.807) is 24.3 Å². The average Bonchev–Trinajstić information content (AvgIpc) is 3.37. The molecule has 0 unspecified atom stereocenters. The lowest BCUT2D eigenvalue weighted by molar-refractivity contribution is -0.150. The molecule has 0 fully saturated rings. The Balaban J connectivity index is 1.53. The number of aliphatic hydroxyl groups excluding tert-OH is 1. The zero-order valence-electron chi connectivity index (χ0n) is 22.3. The van der Waals surface area contributed by atoms with E-state index in [2.05, 4.69) is 15.3 Å². The Labute approximate surface area is 234 Å². The summed E-state index contributed by atoms with van der Waals surface area (Å²) in [5, 5.41) is 24.6. The molecule has 41 heavy (non-hydrogen) atoms. The fourth-order valence-corrected chi connectivity index (χ4v) is 4.54. The number of para-hydroxylation sites is 1. The third-order valence-electron chi connectivity index (χ3n) is 6.65. The molecule has 0 radical (unpaired) electrons. The quantitative estimate of drug-likeness (QED) is 0.210. The van der Waals surface area contributed by atoms with E-state index in [9.17, 15) is 24.6 Å². The van der Waals surface area contributed by atoms with Crippen LogP contribution in [0.5, 0.6) is 5.75 Å². The maximum atomic E-state index is 13.5. The number of benzene rings is 3. The molecule has 10 nitrogen and oxygen atoms in total. The number of aliphatic hydroxyl groups is 1. The fourth-order valence-electron chi connectivity index (χ4n) is 4.54. The van der Waals surface area contributed by atoms with Gasteiger partial charge in [0.05, 0.1) is 24.4 Å². The highest BCUT2D eigenvalue weighted by Gasteiger charge is 2.29. The molecule has 0 spiro atoms. The second-order valence-electron chi connectivity index (χ2n) is 9.46. The van der Waals surface area contributed by atoms with E-state index in [1.807, 2.05) is 42.5 Å². The molecule has 1 amide bonds. The number of carbonyl (C=O) groups is 3. The van der Waals surface area contributed by atoms with Crippen molar-refractivity contribution in [2.45, 2.75) is 25.7 Å². The van der Waals surface area contributed by atoms with Crippen LogP contribution in [0.25, 0.3) is 33.1 Å². The highest BCUT2D eigenvalue weighted by atomic mass is 16.5. The highest BCUT2D eigenvalue weighted by Crippen LogP contribution is 2.34. The summed E-state index contributed by atoms with van der Waals surface area (Å²) in [6.07, 6.45) is -1.25. The van der Waals surface area contributed by atoms with Crippen molar-refractivity contribution in [1.82, 2.24) is 15.3 Å². The van der Waals surface area contributed by atoms with E-state index in [4.69, 9.17) is 9.47 Å². The van der Waals surface area contributed by atoms with Crippen LogP contribution in [-0.2, 0) is 20.9 Å². The number of fused-ring (bicyclic) bond motifs is 3. The van der Waals surface area contributed by atoms with Crippen LogP contribution in [0.15, 0.2) is 78.9 Å². The molecule has 10 heteroatoms. The molecule has 208 valence electrons. The Kier molecular flexibility index (Phi) is 7.66. The normalized spacial score (nSPS) is 12.6.